The fourth-order valence-electron chi connectivity index (χ4n) is 3.72. The minimum atomic E-state index is -0.318. The van der Waals surface area contributed by atoms with E-state index in [9.17, 15) is 4.79 Å². The number of nitrogens with one attached hydrogen (secondary N) is 1. The number of ether oxygens (including phenoxy) is 2. The third-order valence-electron chi connectivity index (χ3n) is 5.23. The fraction of sp³-hybridized carbons (Fsp3) is 0.476. The molecule has 1 unspecified atom stereocenters. The van der Waals surface area contributed by atoms with Crippen LogP contribution in [-0.2, 0) is 9.47 Å². The van der Waals surface area contributed by atoms with Crippen molar-refractivity contribution in [1.82, 2.24) is 14.9 Å². The molecule has 30 heavy (non-hydrogen) atoms. The highest BCUT2D eigenvalue weighted by Crippen LogP contribution is 2.34. The van der Waals surface area contributed by atoms with Crippen molar-refractivity contribution in [1.29, 1.82) is 0 Å². The zero-order valence-electron chi connectivity index (χ0n) is 17.4. The highest BCUT2D eigenvalue weighted by molar-refractivity contribution is 7.20. The van der Waals surface area contributed by atoms with Gasteiger partial charge in [-0.15, -0.1) is 11.3 Å². The van der Waals surface area contributed by atoms with E-state index in [1.807, 2.05) is 26.0 Å². The second-order valence-electron chi connectivity index (χ2n) is 7.17. The first-order chi connectivity index (χ1) is 14.6. The summed E-state index contributed by atoms with van der Waals surface area (Å²) in [6, 6.07) is 4.07. The maximum absolute atomic E-state index is 12.3. The van der Waals surface area contributed by atoms with Gasteiger partial charge in [-0.2, -0.15) is 0 Å². The Kier molecular flexibility index (Phi) is 6.31. The lowest BCUT2D eigenvalue weighted by atomic mass is 10.1. The number of esters is 1. The zero-order valence-corrected chi connectivity index (χ0v) is 18.3. The Morgan fingerprint density at radius 3 is 2.80 bits per heavy atom. The highest BCUT2D eigenvalue weighted by Gasteiger charge is 2.26. The Morgan fingerprint density at radius 2 is 2.10 bits per heavy atom. The SMILES string of the molecule is CCOC(=O)c1sc2ncnc(NCC(c3ccc(C)o3)N3CCOCC3)c2c1C. The molecule has 160 valence electrons. The summed E-state index contributed by atoms with van der Waals surface area (Å²) in [6.45, 7) is 9.72. The smallest absolute Gasteiger partial charge is 0.348 e. The summed E-state index contributed by atoms with van der Waals surface area (Å²) >= 11 is 1.34. The Balaban J connectivity index is 1.61. The predicted molar refractivity (Wildman–Crippen MR) is 115 cm³/mol. The number of nitrogens with zero attached hydrogens (tertiary/aromatic N) is 3. The molecule has 4 heterocycles. The summed E-state index contributed by atoms with van der Waals surface area (Å²) in [7, 11) is 0. The molecular formula is C21H26N4O4S. The summed E-state index contributed by atoms with van der Waals surface area (Å²) in [4.78, 5) is 24.8. The van der Waals surface area contributed by atoms with Gasteiger partial charge in [0.05, 0.1) is 31.2 Å². The minimum Gasteiger partial charge on any atom is -0.465 e. The maximum Gasteiger partial charge on any atom is 0.348 e. The molecule has 4 rings (SSSR count). The number of rotatable bonds is 7. The van der Waals surface area contributed by atoms with Crippen LogP contribution >= 0.6 is 11.3 Å². The molecule has 0 radical (unpaired) electrons. The van der Waals surface area contributed by atoms with Gasteiger partial charge < -0.3 is 19.2 Å². The van der Waals surface area contributed by atoms with Crippen molar-refractivity contribution in [3.63, 3.8) is 0 Å². The van der Waals surface area contributed by atoms with E-state index < -0.39 is 0 Å². The molecule has 1 N–H and O–H groups in total. The number of fused-ring (bicyclic) bond motifs is 1. The number of hydrogen-bond donors (Lipinski definition) is 1. The Hall–Kier alpha value is -2.49. The second-order valence-corrected chi connectivity index (χ2v) is 8.17. The number of furan rings is 1. The molecule has 1 fully saturated rings. The van der Waals surface area contributed by atoms with Crippen LogP contribution in [0.4, 0.5) is 5.82 Å². The molecule has 1 atom stereocenters. The number of aryl methyl sites for hydroxylation is 2. The van der Waals surface area contributed by atoms with Crippen LogP contribution < -0.4 is 5.32 Å². The number of morpholine rings is 1. The van der Waals surface area contributed by atoms with Gasteiger partial charge in [-0.1, -0.05) is 0 Å². The van der Waals surface area contributed by atoms with Crippen molar-refractivity contribution in [2.24, 2.45) is 0 Å². The highest BCUT2D eigenvalue weighted by atomic mass is 32.1. The van der Waals surface area contributed by atoms with E-state index in [0.29, 0.717) is 37.1 Å². The summed E-state index contributed by atoms with van der Waals surface area (Å²) in [5, 5.41) is 4.34. The van der Waals surface area contributed by atoms with Gasteiger partial charge in [-0.25, -0.2) is 14.8 Å². The van der Waals surface area contributed by atoms with E-state index in [1.165, 1.54) is 17.7 Å². The van der Waals surface area contributed by atoms with Gasteiger partial charge in [-0.05, 0) is 38.5 Å². The van der Waals surface area contributed by atoms with Crippen molar-refractivity contribution in [3.8, 4) is 0 Å². The average Bonchev–Trinajstić information content (AvgIpc) is 3.33. The van der Waals surface area contributed by atoms with Crippen molar-refractivity contribution in [2.75, 3.05) is 44.8 Å². The lowest BCUT2D eigenvalue weighted by Crippen LogP contribution is -2.41. The third kappa shape index (κ3) is 4.19. The lowest BCUT2D eigenvalue weighted by Gasteiger charge is -2.33. The largest absolute Gasteiger partial charge is 0.465 e. The number of carbonyl (C=O) groups excluding carboxylic acids is 1. The van der Waals surface area contributed by atoms with E-state index in [1.54, 1.807) is 6.92 Å². The first-order valence-corrected chi connectivity index (χ1v) is 10.9. The van der Waals surface area contributed by atoms with Crippen LogP contribution in [0.25, 0.3) is 10.2 Å². The lowest BCUT2D eigenvalue weighted by molar-refractivity contribution is 0.0143. The molecule has 3 aromatic heterocycles. The molecule has 0 bridgehead atoms. The molecule has 8 nitrogen and oxygen atoms in total. The summed E-state index contributed by atoms with van der Waals surface area (Å²) < 4.78 is 16.7. The van der Waals surface area contributed by atoms with E-state index in [-0.39, 0.29) is 12.0 Å². The first kappa shape index (κ1) is 20.8. The van der Waals surface area contributed by atoms with Gasteiger partial charge in [0.25, 0.3) is 0 Å². The van der Waals surface area contributed by atoms with E-state index in [2.05, 4.69) is 20.2 Å². The second kappa shape index (κ2) is 9.11. The Morgan fingerprint density at radius 1 is 1.30 bits per heavy atom. The van der Waals surface area contributed by atoms with Crippen LogP contribution in [0.15, 0.2) is 22.9 Å². The zero-order chi connectivity index (χ0) is 21.1. The minimum absolute atomic E-state index is 0.0519. The quantitative estimate of drug-likeness (QED) is 0.569. The van der Waals surface area contributed by atoms with Crippen molar-refractivity contribution in [2.45, 2.75) is 26.8 Å². The molecule has 0 saturated carbocycles. The normalized spacial score (nSPS) is 16.0. The van der Waals surface area contributed by atoms with Crippen molar-refractivity contribution < 1.29 is 18.7 Å². The molecule has 0 aromatic carbocycles. The predicted octanol–water partition coefficient (Wildman–Crippen LogP) is 3.56. The van der Waals surface area contributed by atoms with E-state index in [0.717, 1.165) is 40.4 Å². The molecule has 0 aliphatic carbocycles. The van der Waals surface area contributed by atoms with Crippen LogP contribution in [0.3, 0.4) is 0 Å². The van der Waals surface area contributed by atoms with Gasteiger partial charge >= 0.3 is 5.97 Å². The molecule has 3 aromatic rings. The Bertz CT molecular complexity index is 1030. The summed E-state index contributed by atoms with van der Waals surface area (Å²) in [6.07, 6.45) is 1.52. The number of hydrogen-bond acceptors (Lipinski definition) is 9. The molecule has 1 saturated heterocycles. The van der Waals surface area contributed by atoms with Gasteiger partial charge in [0.15, 0.2) is 0 Å². The van der Waals surface area contributed by atoms with Crippen LogP contribution in [-0.4, -0.2) is 60.3 Å². The van der Waals surface area contributed by atoms with Gasteiger partial charge in [0.2, 0.25) is 0 Å². The first-order valence-electron chi connectivity index (χ1n) is 10.1. The van der Waals surface area contributed by atoms with E-state index >= 15 is 0 Å². The monoisotopic (exact) mass is 430 g/mol. The van der Waals surface area contributed by atoms with Crippen molar-refractivity contribution >= 4 is 33.3 Å². The standard InChI is InChI=1S/C21H26N4O4S/c1-4-28-21(26)18-14(3)17-19(23-12-24-20(17)30-18)22-11-15(16-6-5-13(2)29-16)25-7-9-27-10-8-25/h5-6,12,15H,4,7-11H2,1-3H3,(H,22,23,24). The summed E-state index contributed by atoms with van der Waals surface area (Å²) in [5.41, 5.74) is 0.841. The number of aromatic nitrogens is 2. The third-order valence-corrected chi connectivity index (χ3v) is 6.41. The molecule has 1 aliphatic heterocycles. The van der Waals surface area contributed by atoms with Crippen molar-refractivity contribution in [3.05, 3.63) is 40.4 Å². The molecule has 1 aliphatic rings. The van der Waals surface area contributed by atoms with Gasteiger partial charge in [0.1, 0.15) is 33.4 Å². The molecule has 0 spiro atoms. The number of anilines is 1. The maximum atomic E-state index is 12.3. The summed E-state index contributed by atoms with van der Waals surface area (Å²) in [5.74, 6) is 2.20. The topological polar surface area (TPSA) is 89.7 Å². The van der Waals surface area contributed by atoms with Crippen LogP contribution in [0, 0.1) is 13.8 Å². The van der Waals surface area contributed by atoms with E-state index in [4.69, 9.17) is 13.9 Å². The fourth-order valence-corrected chi connectivity index (χ4v) is 4.76. The molecule has 9 heteroatoms. The Labute approximate surface area is 179 Å². The van der Waals surface area contributed by atoms with Crippen LogP contribution in [0.2, 0.25) is 0 Å². The number of carbonyl (C=O) groups is 1. The van der Waals surface area contributed by atoms with Gasteiger partial charge in [0, 0.05) is 19.6 Å². The van der Waals surface area contributed by atoms with Crippen LogP contribution in [0.5, 0.6) is 0 Å². The average molecular weight is 431 g/mol. The van der Waals surface area contributed by atoms with Gasteiger partial charge in [-0.3, -0.25) is 4.90 Å². The molecular weight excluding hydrogens is 404 g/mol. The number of thiophene rings is 1. The van der Waals surface area contributed by atoms with Crippen LogP contribution in [0.1, 0.15) is 39.7 Å². The molecule has 0 amide bonds.